The third kappa shape index (κ3) is 2.87. The molecule has 1 aromatic carbocycles. The molecule has 0 fully saturated rings. The van der Waals surface area contributed by atoms with E-state index in [0.29, 0.717) is 17.3 Å². The number of ether oxygens (including phenoxy) is 1. The van der Waals surface area contributed by atoms with E-state index in [0.717, 1.165) is 16.0 Å². The maximum absolute atomic E-state index is 12.0. The van der Waals surface area contributed by atoms with Gasteiger partial charge in [-0.15, -0.1) is 10.2 Å². The molecule has 2 rings (SSSR count). The first-order chi connectivity index (χ1) is 9.15. The zero-order valence-electron chi connectivity index (χ0n) is 10.7. The highest BCUT2D eigenvalue weighted by molar-refractivity contribution is 7.98. The zero-order valence-corrected chi connectivity index (χ0v) is 11.5. The summed E-state index contributed by atoms with van der Waals surface area (Å²) in [6.07, 6.45) is 2.16. The van der Waals surface area contributed by atoms with E-state index in [2.05, 4.69) is 10.2 Å². The molecular weight excluding hydrogens is 264 g/mol. The smallest absolute Gasteiger partial charge is 0.294 e. The second kappa shape index (κ2) is 5.75. The van der Waals surface area contributed by atoms with Crippen LogP contribution in [0.25, 0.3) is 0 Å². The summed E-state index contributed by atoms with van der Waals surface area (Å²) in [5.74, 6) is 6.40. The van der Waals surface area contributed by atoms with Crippen molar-refractivity contribution in [2.45, 2.75) is 11.6 Å². The third-order valence-electron chi connectivity index (χ3n) is 2.62. The number of benzene rings is 1. The molecule has 0 aliphatic rings. The third-order valence-corrected chi connectivity index (χ3v) is 3.26. The molecule has 2 N–H and O–H groups in total. The number of rotatable bonds is 4. The number of nitrogens with zero attached hydrogens (tertiary/aromatic N) is 3. The molecule has 0 aliphatic heterocycles. The normalized spacial score (nSPS) is 10.4. The predicted molar refractivity (Wildman–Crippen MR) is 74.0 cm³/mol. The molecule has 1 aromatic heterocycles. The van der Waals surface area contributed by atoms with E-state index >= 15 is 0 Å². The lowest BCUT2D eigenvalue weighted by atomic mass is 10.1. The van der Waals surface area contributed by atoms with Crippen molar-refractivity contribution >= 4 is 11.8 Å². The van der Waals surface area contributed by atoms with Gasteiger partial charge in [0.05, 0.1) is 7.11 Å². The lowest BCUT2D eigenvalue weighted by Gasteiger charge is -2.06. The molecule has 0 radical (unpaired) electrons. The van der Waals surface area contributed by atoms with Gasteiger partial charge >= 0.3 is 0 Å². The molecule has 2 aromatic rings. The van der Waals surface area contributed by atoms with Crippen molar-refractivity contribution in [1.29, 1.82) is 0 Å². The van der Waals surface area contributed by atoms with Crippen molar-refractivity contribution in [1.82, 2.24) is 14.9 Å². The molecule has 7 heteroatoms. The Hall–Kier alpha value is -2.02. The number of nitrogen functional groups attached to an aromatic ring is 1. The van der Waals surface area contributed by atoms with E-state index in [1.165, 1.54) is 11.8 Å². The van der Waals surface area contributed by atoms with Crippen LogP contribution in [0.2, 0.25) is 0 Å². The highest BCUT2D eigenvalue weighted by atomic mass is 32.2. The van der Waals surface area contributed by atoms with Gasteiger partial charge in [0.1, 0.15) is 11.4 Å². The maximum atomic E-state index is 12.0. The molecule has 100 valence electrons. The number of aromatic nitrogens is 3. The Morgan fingerprint density at radius 1 is 1.42 bits per heavy atom. The minimum atomic E-state index is -0.331. The minimum Gasteiger partial charge on any atom is -0.497 e. The van der Waals surface area contributed by atoms with Crippen LogP contribution in [0, 0.1) is 0 Å². The second-order valence-electron chi connectivity index (χ2n) is 3.84. The van der Waals surface area contributed by atoms with Gasteiger partial charge in [0, 0.05) is 6.42 Å². The van der Waals surface area contributed by atoms with Crippen molar-refractivity contribution in [2.75, 3.05) is 19.2 Å². The van der Waals surface area contributed by atoms with Gasteiger partial charge < -0.3 is 10.6 Å². The van der Waals surface area contributed by atoms with Gasteiger partial charge in [-0.25, -0.2) is 0 Å². The first-order valence-corrected chi connectivity index (χ1v) is 6.78. The van der Waals surface area contributed by atoms with Crippen LogP contribution in [0.4, 0.5) is 0 Å². The molecule has 0 saturated carbocycles. The summed E-state index contributed by atoms with van der Waals surface area (Å²) in [4.78, 5) is 12.0. The molecule has 19 heavy (non-hydrogen) atoms. The molecule has 0 amide bonds. The van der Waals surface area contributed by atoms with Gasteiger partial charge in [-0.3, -0.25) is 4.79 Å². The number of thioether (sulfide) groups is 1. The molecule has 1 heterocycles. The Morgan fingerprint density at radius 2 is 2.21 bits per heavy atom. The van der Waals surface area contributed by atoms with Crippen LogP contribution in [0.5, 0.6) is 5.75 Å². The molecule has 0 bridgehead atoms. The summed E-state index contributed by atoms with van der Waals surface area (Å²) in [6.45, 7) is 0. The van der Waals surface area contributed by atoms with Crippen molar-refractivity contribution in [2.24, 2.45) is 0 Å². The predicted octanol–water partition coefficient (Wildman–Crippen LogP) is 0.673. The minimum absolute atomic E-state index is 0.313. The quantitative estimate of drug-likeness (QED) is 0.654. The van der Waals surface area contributed by atoms with Crippen LogP contribution in [0.15, 0.2) is 34.2 Å². The average molecular weight is 278 g/mol. The fourth-order valence-corrected chi connectivity index (χ4v) is 2.05. The maximum Gasteiger partial charge on any atom is 0.294 e. The molecule has 0 spiro atoms. The SMILES string of the molecule is COc1cccc(Cc2nnc(SC)n(N)c2=O)c1. The Kier molecular flexibility index (Phi) is 4.06. The van der Waals surface area contributed by atoms with Gasteiger partial charge in [0.15, 0.2) is 0 Å². The first-order valence-electron chi connectivity index (χ1n) is 5.56. The fourth-order valence-electron chi connectivity index (χ4n) is 1.65. The van der Waals surface area contributed by atoms with E-state index in [-0.39, 0.29) is 5.56 Å². The van der Waals surface area contributed by atoms with Gasteiger partial charge in [0.2, 0.25) is 5.16 Å². The molecule has 0 atom stereocenters. The van der Waals surface area contributed by atoms with Crippen LogP contribution in [0.1, 0.15) is 11.3 Å². The second-order valence-corrected chi connectivity index (χ2v) is 4.61. The van der Waals surface area contributed by atoms with E-state index < -0.39 is 0 Å². The summed E-state index contributed by atoms with van der Waals surface area (Å²) in [5.41, 5.74) is 0.901. The average Bonchev–Trinajstić information content (AvgIpc) is 2.44. The van der Waals surface area contributed by atoms with E-state index in [4.69, 9.17) is 10.6 Å². The largest absolute Gasteiger partial charge is 0.497 e. The van der Waals surface area contributed by atoms with Gasteiger partial charge in [-0.05, 0) is 24.0 Å². The van der Waals surface area contributed by atoms with Crippen LogP contribution < -0.4 is 16.1 Å². The summed E-state index contributed by atoms with van der Waals surface area (Å²) < 4.78 is 6.16. The summed E-state index contributed by atoms with van der Waals surface area (Å²) >= 11 is 1.28. The monoisotopic (exact) mass is 278 g/mol. The standard InChI is InChI=1S/C12H14N4O2S/c1-18-9-5-3-4-8(6-9)7-10-11(17)16(13)12(19-2)15-14-10/h3-6H,7,13H2,1-2H3. The molecular formula is C12H14N4O2S. The lowest BCUT2D eigenvalue weighted by Crippen LogP contribution is -2.33. The fraction of sp³-hybridized carbons (Fsp3) is 0.250. The van der Waals surface area contributed by atoms with Gasteiger partial charge in [0.25, 0.3) is 5.56 Å². The highest BCUT2D eigenvalue weighted by Crippen LogP contribution is 2.14. The van der Waals surface area contributed by atoms with Crippen molar-refractivity contribution in [3.05, 3.63) is 45.9 Å². The number of nitrogens with two attached hydrogens (primary N) is 1. The van der Waals surface area contributed by atoms with Crippen LogP contribution >= 0.6 is 11.8 Å². The van der Waals surface area contributed by atoms with E-state index in [1.54, 1.807) is 13.4 Å². The summed E-state index contributed by atoms with van der Waals surface area (Å²) in [6, 6.07) is 7.45. The zero-order chi connectivity index (χ0) is 13.8. The number of hydrogen-bond acceptors (Lipinski definition) is 6. The summed E-state index contributed by atoms with van der Waals surface area (Å²) in [5, 5.41) is 8.24. The van der Waals surface area contributed by atoms with E-state index in [9.17, 15) is 4.79 Å². The van der Waals surface area contributed by atoms with Crippen LogP contribution in [-0.4, -0.2) is 28.2 Å². The lowest BCUT2D eigenvalue weighted by molar-refractivity contribution is 0.414. The highest BCUT2D eigenvalue weighted by Gasteiger charge is 2.10. The first kappa shape index (κ1) is 13.4. The van der Waals surface area contributed by atoms with Crippen LogP contribution in [-0.2, 0) is 6.42 Å². The van der Waals surface area contributed by atoms with Crippen LogP contribution in [0.3, 0.4) is 0 Å². The molecule has 0 saturated heterocycles. The van der Waals surface area contributed by atoms with Crippen molar-refractivity contribution in [3.8, 4) is 5.75 Å². The Balaban J connectivity index is 2.33. The molecule has 6 nitrogen and oxygen atoms in total. The Bertz CT molecular complexity index is 642. The number of methoxy groups -OCH3 is 1. The van der Waals surface area contributed by atoms with E-state index in [1.807, 2.05) is 24.3 Å². The number of hydrogen-bond donors (Lipinski definition) is 1. The molecule has 0 aliphatic carbocycles. The van der Waals surface area contributed by atoms with Crippen molar-refractivity contribution < 1.29 is 4.74 Å². The Labute approximate surface area is 114 Å². The van der Waals surface area contributed by atoms with Gasteiger partial charge in [-0.2, -0.15) is 4.68 Å². The topological polar surface area (TPSA) is 83.0 Å². The van der Waals surface area contributed by atoms with Crippen molar-refractivity contribution in [3.63, 3.8) is 0 Å². The van der Waals surface area contributed by atoms with Gasteiger partial charge in [-0.1, -0.05) is 23.9 Å². The summed E-state index contributed by atoms with van der Waals surface area (Å²) in [7, 11) is 1.60. The molecule has 0 unspecified atom stereocenters. The Morgan fingerprint density at radius 3 is 2.89 bits per heavy atom.